The number of hydrogen-bond donors (Lipinski definition) is 1. The summed E-state index contributed by atoms with van der Waals surface area (Å²) in [6.45, 7) is 4.80. The van der Waals surface area contributed by atoms with Crippen LogP contribution in [0.2, 0.25) is 0 Å². The third kappa shape index (κ3) is 3.39. The third-order valence-corrected chi connectivity index (χ3v) is 2.94. The quantitative estimate of drug-likeness (QED) is 0.916. The zero-order valence-electron chi connectivity index (χ0n) is 11.4. The summed E-state index contributed by atoms with van der Waals surface area (Å²) in [5.74, 6) is -0.874. The standard InChI is InChI=1S/C14H17F2N3O/c1-9(2)7-19-14(17-8-18-19)6-13(20)10-3-4-11(15)12(16)5-10/h3-5,8-9,13,20H,6-7H2,1-2H3. The van der Waals surface area contributed by atoms with Crippen LogP contribution >= 0.6 is 0 Å². The number of aliphatic hydroxyl groups excluding tert-OH is 1. The first-order valence-corrected chi connectivity index (χ1v) is 6.47. The van der Waals surface area contributed by atoms with Gasteiger partial charge >= 0.3 is 0 Å². The molecule has 1 aromatic carbocycles. The Morgan fingerprint density at radius 1 is 1.25 bits per heavy atom. The minimum absolute atomic E-state index is 0.206. The van der Waals surface area contributed by atoms with Crippen LogP contribution in [0.4, 0.5) is 8.78 Å². The van der Waals surface area contributed by atoms with E-state index >= 15 is 0 Å². The van der Waals surface area contributed by atoms with Gasteiger partial charge in [0.05, 0.1) is 6.10 Å². The molecule has 1 unspecified atom stereocenters. The predicted molar refractivity (Wildman–Crippen MR) is 69.9 cm³/mol. The molecule has 0 saturated carbocycles. The smallest absolute Gasteiger partial charge is 0.159 e. The van der Waals surface area contributed by atoms with Crippen LogP contribution in [0.15, 0.2) is 24.5 Å². The summed E-state index contributed by atoms with van der Waals surface area (Å²) in [5.41, 5.74) is 0.322. The fraction of sp³-hybridized carbons (Fsp3) is 0.429. The van der Waals surface area contributed by atoms with Gasteiger partial charge in [0, 0.05) is 13.0 Å². The number of hydrogen-bond acceptors (Lipinski definition) is 3. The van der Waals surface area contributed by atoms with Crippen LogP contribution in [0, 0.1) is 17.6 Å². The minimum Gasteiger partial charge on any atom is -0.388 e. The Bertz CT molecular complexity index is 584. The van der Waals surface area contributed by atoms with E-state index < -0.39 is 17.7 Å². The molecule has 2 rings (SSSR count). The number of aromatic nitrogens is 3. The molecule has 1 aromatic heterocycles. The van der Waals surface area contributed by atoms with E-state index in [4.69, 9.17) is 0 Å². The van der Waals surface area contributed by atoms with Gasteiger partial charge < -0.3 is 5.11 Å². The molecule has 0 fully saturated rings. The zero-order valence-corrected chi connectivity index (χ0v) is 11.4. The van der Waals surface area contributed by atoms with Gasteiger partial charge in [-0.25, -0.2) is 18.4 Å². The first-order chi connectivity index (χ1) is 9.47. The molecule has 108 valence electrons. The lowest BCUT2D eigenvalue weighted by atomic mass is 10.1. The number of halogens is 2. The molecule has 0 amide bonds. The summed E-state index contributed by atoms with van der Waals surface area (Å²) in [7, 11) is 0. The Morgan fingerprint density at radius 3 is 2.65 bits per heavy atom. The van der Waals surface area contributed by atoms with Gasteiger partial charge in [-0.2, -0.15) is 5.10 Å². The van der Waals surface area contributed by atoms with Crippen LogP contribution < -0.4 is 0 Å². The Labute approximate surface area is 116 Å². The summed E-state index contributed by atoms with van der Waals surface area (Å²) in [4.78, 5) is 4.10. The van der Waals surface area contributed by atoms with Crippen molar-refractivity contribution in [2.45, 2.75) is 32.9 Å². The lowest BCUT2D eigenvalue weighted by Crippen LogP contribution is -2.13. The van der Waals surface area contributed by atoms with Crippen molar-refractivity contribution >= 4 is 0 Å². The molecule has 1 N–H and O–H groups in total. The number of nitrogens with zero attached hydrogens (tertiary/aromatic N) is 3. The predicted octanol–water partition coefficient (Wildman–Crippen LogP) is 2.49. The lowest BCUT2D eigenvalue weighted by Gasteiger charge is -2.13. The Morgan fingerprint density at radius 2 is 2.00 bits per heavy atom. The summed E-state index contributed by atoms with van der Waals surface area (Å²) in [6, 6.07) is 3.38. The molecule has 0 saturated heterocycles. The number of aliphatic hydroxyl groups is 1. The summed E-state index contributed by atoms with van der Waals surface area (Å²) >= 11 is 0. The first kappa shape index (κ1) is 14.6. The molecule has 0 aliphatic rings. The van der Waals surface area contributed by atoms with Crippen molar-refractivity contribution in [1.82, 2.24) is 14.8 Å². The molecule has 0 radical (unpaired) electrons. The van der Waals surface area contributed by atoms with E-state index in [0.717, 1.165) is 12.1 Å². The van der Waals surface area contributed by atoms with Crippen LogP contribution in [0.1, 0.15) is 31.3 Å². The van der Waals surface area contributed by atoms with Gasteiger partial charge in [-0.05, 0) is 23.6 Å². The van der Waals surface area contributed by atoms with Gasteiger partial charge in [-0.3, -0.25) is 0 Å². The average Bonchev–Trinajstić information content (AvgIpc) is 2.79. The largest absolute Gasteiger partial charge is 0.388 e. The van der Waals surface area contributed by atoms with Crippen LogP contribution in [0.5, 0.6) is 0 Å². The first-order valence-electron chi connectivity index (χ1n) is 6.47. The van der Waals surface area contributed by atoms with Gasteiger partial charge in [0.15, 0.2) is 11.6 Å². The molecular formula is C14H17F2N3O. The van der Waals surface area contributed by atoms with E-state index in [1.54, 1.807) is 4.68 Å². The molecule has 0 aliphatic carbocycles. The van der Waals surface area contributed by atoms with E-state index in [9.17, 15) is 13.9 Å². The van der Waals surface area contributed by atoms with Crippen molar-refractivity contribution in [3.8, 4) is 0 Å². The van der Waals surface area contributed by atoms with Crippen molar-refractivity contribution in [3.63, 3.8) is 0 Å². The molecule has 1 heterocycles. The second kappa shape index (κ2) is 6.09. The van der Waals surface area contributed by atoms with Crippen molar-refractivity contribution in [2.24, 2.45) is 5.92 Å². The highest BCUT2D eigenvalue weighted by atomic mass is 19.2. The maximum absolute atomic E-state index is 13.2. The van der Waals surface area contributed by atoms with Gasteiger partial charge in [0.1, 0.15) is 12.2 Å². The van der Waals surface area contributed by atoms with Gasteiger partial charge in [-0.1, -0.05) is 19.9 Å². The molecule has 0 aliphatic heterocycles. The highest BCUT2D eigenvalue weighted by Crippen LogP contribution is 2.19. The number of rotatable bonds is 5. The normalized spacial score (nSPS) is 12.9. The average molecular weight is 281 g/mol. The second-order valence-electron chi connectivity index (χ2n) is 5.15. The van der Waals surface area contributed by atoms with Crippen molar-refractivity contribution in [3.05, 3.63) is 47.5 Å². The van der Waals surface area contributed by atoms with E-state index in [1.807, 2.05) is 0 Å². The molecule has 1 atom stereocenters. The fourth-order valence-electron chi connectivity index (χ4n) is 1.95. The van der Waals surface area contributed by atoms with Gasteiger partial charge in [0.25, 0.3) is 0 Å². The summed E-state index contributed by atoms with van der Waals surface area (Å²) in [5, 5.41) is 14.2. The second-order valence-corrected chi connectivity index (χ2v) is 5.15. The fourth-order valence-corrected chi connectivity index (χ4v) is 1.95. The summed E-state index contributed by atoms with van der Waals surface area (Å²) in [6.07, 6.45) is 0.688. The van der Waals surface area contributed by atoms with Crippen molar-refractivity contribution < 1.29 is 13.9 Å². The van der Waals surface area contributed by atoms with E-state index in [2.05, 4.69) is 23.9 Å². The van der Waals surface area contributed by atoms with Gasteiger partial charge in [-0.15, -0.1) is 0 Å². The SMILES string of the molecule is CC(C)Cn1ncnc1CC(O)c1ccc(F)c(F)c1. The maximum Gasteiger partial charge on any atom is 0.159 e. The van der Waals surface area contributed by atoms with Crippen LogP contribution in [0.25, 0.3) is 0 Å². The minimum atomic E-state index is -0.967. The maximum atomic E-state index is 13.2. The van der Waals surface area contributed by atoms with Crippen molar-refractivity contribution in [2.75, 3.05) is 0 Å². The van der Waals surface area contributed by atoms with Crippen LogP contribution in [-0.4, -0.2) is 19.9 Å². The van der Waals surface area contributed by atoms with E-state index in [1.165, 1.54) is 12.4 Å². The van der Waals surface area contributed by atoms with Crippen molar-refractivity contribution in [1.29, 1.82) is 0 Å². The Balaban J connectivity index is 2.13. The molecular weight excluding hydrogens is 264 g/mol. The lowest BCUT2D eigenvalue weighted by molar-refractivity contribution is 0.173. The third-order valence-electron chi connectivity index (χ3n) is 2.94. The molecule has 0 spiro atoms. The molecule has 2 aromatic rings. The summed E-state index contributed by atoms with van der Waals surface area (Å²) < 4.78 is 27.7. The molecule has 20 heavy (non-hydrogen) atoms. The monoisotopic (exact) mass is 281 g/mol. The molecule has 0 bridgehead atoms. The highest BCUT2D eigenvalue weighted by molar-refractivity contribution is 5.20. The van der Waals surface area contributed by atoms with Gasteiger partial charge in [0.2, 0.25) is 0 Å². The highest BCUT2D eigenvalue weighted by Gasteiger charge is 2.15. The molecule has 6 heteroatoms. The Kier molecular flexibility index (Phi) is 4.44. The van der Waals surface area contributed by atoms with E-state index in [-0.39, 0.29) is 6.42 Å². The van der Waals surface area contributed by atoms with Crippen LogP contribution in [-0.2, 0) is 13.0 Å². The Hall–Kier alpha value is -1.82. The van der Waals surface area contributed by atoms with Crippen LogP contribution in [0.3, 0.4) is 0 Å². The topological polar surface area (TPSA) is 50.9 Å². The van der Waals surface area contributed by atoms with E-state index in [0.29, 0.717) is 23.9 Å². The molecule has 4 nitrogen and oxygen atoms in total. The zero-order chi connectivity index (χ0) is 14.7. The number of benzene rings is 1.